The van der Waals surface area contributed by atoms with Crippen molar-refractivity contribution in [3.8, 4) is 5.75 Å². The van der Waals surface area contributed by atoms with E-state index in [9.17, 15) is 4.79 Å². The van der Waals surface area contributed by atoms with Crippen LogP contribution >= 0.6 is 0 Å². The molecule has 2 aromatic rings. The second kappa shape index (κ2) is 7.13. The number of imidazole rings is 1. The van der Waals surface area contributed by atoms with Gasteiger partial charge in [-0.3, -0.25) is 4.79 Å². The van der Waals surface area contributed by atoms with Gasteiger partial charge < -0.3 is 15.0 Å². The Labute approximate surface area is 117 Å². The summed E-state index contributed by atoms with van der Waals surface area (Å²) in [6.07, 6.45) is 6.63. The number of nitrogens with zero attached hydrogens (tertiary/aromatic N) is 1. The van der Waals surface area contributed by atoms with E-state index in [4.69, 9.17) is 4.74 Å². The first kappa shape index (κ1) is 13.9. The quantitative estimate of drug-likeness (QED) is 0.791. The fourth-order valence-corrected chi connectivity index (χ4v) is 1.64. The molecule has 1 heterocycles. The number of carbonyl (C=O) groups excluding carboxylic acids is 1. The first-order valence-electron chi connectivity index (χ1n) is 6.45. The molecule has 2 N–H and O–H groups in total. The van der Waals surface area contributed by atoms with E-state index in [1.807, 2.05) is 31.2 Å². The number of hydrogen-bond donors (Lipinski definition) is 2. The van der Waals surface area contributed by atoms with Gasteiger partial charge in [0.2, 0.25) is 5.91 Å². The highest BCUT2D eigenvalue weighted by molar-refractivity contribution is 5.91. The van der Waals surface area contributed by atoms with Crippen molar-refractivity contribution >= 4 is 12.0 Å². The molecule has 0 aliphatic carbocycles. The van der Waals surface area contributed by atoms with E-state index in [0.717, 1.165) is 17.1 Å². The molecule has 5 nitrogen and oxygen atoms in total. The second-order valence-electron chi connectivity index (χ2n) is 4.09. The smallest absolute Gasteiger partial charge is 0.244 e. The molecule has 0 aliphatic rings. The normalized spacial score (nSPS) is 10.7. The van der Waals surface area contributed by atoms with E-state index in [2.05, 4.69) is 15.3 Å². The van der Waals surface area contributed by atoms with Crippen molar-refractivity contribution in [2.75, 3.05) is 6.61 Å². The number of benzene rings is 1. The van der Waals surface area contributed by atoms with Crippen LogP contribution in [0.3, 0.4) is 0 Å². The second-order valence-corrected chi connectivity index (χ2v) is 4.09. The van der Waals surface area contributed by atoms with Crippen LogP contribution in [0, 0.1) is 0 Å². The zero-order valence-electron chi connectivity index (χ0n) is 11.3. The third-order valence-corrected chi connectivity index (χ3v) is 2.60. The van der Waals surface area contributed by atoms with Gasteiger partial charge in [-0.05, 0) is 30.7 Å². The van der Waals surface area contributed by atoms with E-state index in [1.54, 1.807) is 18.5 Å². The number of rotatable bonds is 6. The van der Waals surface area contributed by atoms with Gasteiger partial charge >= 0.3 is 0 Å². The lowest BCUT2D eigenvalue weighted by Gasteiger charge is -2.02. The summed E-state index contributed by atoms with van der Waals surface area (Å²) in [4.78, 5) is 18.6. The van der Waals surface area contributed by atoms with Gasteiger partial charge in [-0.15, -0.1) is 0 Å². The van der Waals surface area contributed by atoms with Crippen molar-refractivity contribution in [1.82, 2.24) is 15.3 Å². The number of ether oxygens (including phenoxy) is 1. The molecule has 1 aromatic heterocycles. The third-order valence-electron chi connectivity index (χ3n) is 2.60. The zero-order chi connectivity index (χ0) is 14.2. The number of amides is 1. The summed E-state index contributed by atoms with van der Waals surface area (Å²) in [7, 11) is 0. The van der Waals surface area contributed by atoms with Gasteiger partial charge in [-0.1, -0.05) is 12.1 Å². The highest BCUT2D eigenvalue weighted by Crippen LogP contribution is 2.12. The Hall–Kier alpha value is -2.56. The molecule has 5 heteroatoms. The number of H-pyrrole nitrogens is 1. The van der Waals surface area contributed by atoms with Crippen LogP contribution in [0.2, 0.25) is 0 Å². The van der Waals surface area contributed by atoms with Crippen LogP contribution in [0.5, 0.6) is 5.75 Å². The van der Waals surface area contributed by atoms with Crippen LogP contribution in [0.1, 0.15) is 18.3 Å². The molecule has 104 valence electrons. The number of nitrogens with one attached hydrogen (secondary N) is 2. The van der Waals surface area contributed by atoms with Crippen molar-refractivity contribution < 1.29 is 9.53 Å². The Morgan fingerprint density at radius 1 is 1.40 bits per heavy atom. The van der Waals surface area contributed by atoms with Crippen LogP contribution < -0.4 is 10.1 Å². The molecule has 2 rings (SSSR count). The molecule has 0 saturated heterocycles. The average Bonchev–Trinajstić information content (AvgIpc) is 2.98. The maximum atomic E-state index is 11.6. The monoisotopic (exact) mass is 271 g/mol. The minimum absolute atomic E-state index is 0.157. The molecule has 0 aliphatic heterocycles. The van der Waals surface area contributed by atoms with Crippen LogP contribution in [0.4, 0.5) is 0 Å². The Balaban J connectivity index is 1.83. The number of aromatic nitrogens is 2. The standard InChI is InChI=1S/C15H17N3O2/c1-2-20-13-6-3-12(4-7-13)5-8-15(19)18-11-14-16-9-10-17-14/h3-10H,2,11H2,1H3,(H,16,17)(H,18,19). The van der Waals surface area contributed by atoms with Gasteiger partial charge in [0.25, 0.3) is 0 Å². The zero-order valence-corrected chi connectivity index (χ0v) is 11.3. The lowest BCUT2D eigenvalue weighted by atomic mass is 10.2. The molecule has 0 atom stereocenters. The molecule has 0 radical (unpaired) electrons. The van der Waals surface area contributed by atoms with Gasteiger partial charge in [-0.25, -0.2) is 4.98 Å². The summed E-state index contributed by atoms with van der Waals surface area (Å²) in [5.41, 5.74) is 0.946. The van der Waals surface area contributed by atoms with Crippen molar-refractivity contribution in [2.24, 2.45) is 0 Å². The third kappa shape index (κ3) is 4.28. The molecule has 0 unspecified atom stereocenters. The summed E-state index contributed by atoms with van der Waals surface area (Å²) in [5, 5.41) is 2.74. The van der Waals surface area contributed by atoms with Gasteiger partial charge in [-0.2, -0.15) is 0 Å². The van der Waals surface area contributed by atoms with E-state index in [0.29, 0.717) is 13.2 Å². The van der Waals surface area contributed by atoms with Crippen molar-refractivity contribution in [3.05, 3.63) is 54.1 Å². The van der Waals surface area contributed by atoms with Crippen LogP contribution in [-0.4, -0.2) is 22.5 Å². The van der Waals surface area contributed by atoms with Crippen molar-refractivity contribution in [1.29, 1.82) is 0 Å². The highest BCUT2D eigenvalue weighted by atomic mass is 16.5. The van der Waals surface area contributed by atoms with Crippen molar-refractivity contribution in [3.63, 3.8) is 0 Å². The summed E-state index contributed by atoms with van der Waals surface area (Å²) < 4.78 is 5.35. The van der Waals surface area contributed by atoms with E-state index >= 15 is 0 Å². The number of aromatic amines is 1. The highest BCUT2D eigenvalue weighted by Gasteiger charge is 1.98. The first-order valence-corrected chi connectivity index (χ1v) is 6.45. The largest absolute Gasteiger partial charge is 0.494 e. The fourth-order valence-electron chi connectivity index (χ4n) is 1.64. The Bertz CT molecular complexity index is 559. The molecule has 1 amide bonds. The molecule has 1 aromatic carbocycles. The SMILES string of the molecule is CCOc1ccc(C=CC(=O)NCc2ncc[nH]2)cc1. The molecule has 0 fully saturated rings. The maximum Gasteiger partial charge on any atom is 0.244 e. The predicted molar refractivity (Wildman–Crippen MR) is 77.1 cm³/mol. The summed E-state index contributed by atoms with van der Waals surface area (Å²) >= 11 is 0. The minimum atomic E-state index is -0.157. The molecule has 0 saturated carbocycles. The van der Waals surface area contributed by atoms with Crippen LogP contribution in [0.15, 0.2) is 42.7 Å². The molecular weight excluding hydrogens is 254 g/mol. The minimum Gasteiger partial charge on any atom is -0.494 e. The lowest BCUT2D eigenvalue weighted by Crippen LogP contribution is -2.20. The molecular formula is C15H17N3O2. The van der Waals surface area contributed by atoms with Gasteiger partial charge in [0.15, 0.2) is 0 Å². The van der Waals surface area contributed by atoms with Gasteiger partial charge in [0.05, 0.1) is 13.2 Å². The fraction of sp³-hybridized carbons (Fsp3) is 0.200. The summed E-state index contributed by atoms with van der Waals surface area (Å²) in [5.74, 6) is 1.40. The van der Waals surface area contributed by atoms with E-state index in [1.165, 1.54) is 6.08 Å². The molecule has 20 heavy (non-hydrogen) atoms. The predicted octanol–water partition coefficient (Wildman–Crippen LogP) is 2.14. The Kier molecular flexibility index (Phi) is 4.94. The number of hydrogen-bond acceptors (Lipinski definition) is 3. The summed E-state index contributed by atoms with van der Waals surface area (Å²) in [6, 6.07) is 7.57. The Morgan fingerprint density at radius 2 is 2.20 bits per heavy atom. The van der Waals surface area contributed by atoms with Crippen LogP contribution in [-0.2, 0) is 11.3 Å². The topological polar surface area (TPSA) is 67.0 Å². The molecule has 0 spiro atoms. The summed E-state index contributed by atoms with van der Waals surface area (Å²) in [6.45, 7) is 2.97. The molecule has 0 bridgehead atoms. The first-order chi connectivity index (χ1) is 9.78. The van der Waals surface area contributed by atoms with E-state index in [-0.39, 0.29) is 5.91 Å². The van der Waals surface area contributed by atoms with Gasteiger partial charge in [0.1, 0.15) is 11.6 Å². The maximum absolute atomic E-state index is 11.6. The number of carbonyl (C=O) groups is 1. The van der Waals surface area contributed by atoms with Gasteiger partial charge in [0, 0.05) is 18.5 Å². The average molecular weight is 271 g/mol. The Morgan fingerprint density at radius 3 is 2.85 bits per heavy atom. The van der Waals surface area contributed by atoms with Crippen LogP contribution in [0.25, 0.3) is 6.08 Å². The lowest BCUT2D eigenvalue weighted by molar-refractivity contribution is -0.116. The van der Waals surface area contributed by atoms with E-state index < -0.39 is 0 Å². The van der Waals surface area contributed by atoms with Crippen molar-refractivity contribution in [2.45, 2.75) is 13.5 Å².